The topological polar surface area (TPSA) is 68.3 Å². The van der Waals surface area contributed by atoms with Gasteiger partial charge in [-0.1, -0.05) is 0 Å². The first-order valence-corrected chi connectivity index (χ1v) is 7.30. The Morgan fingerprint density at radius 3 is 2.90 bits per heavy atom. The maximum absolute atomic E-state index is 12.4. The average Bonchev–Trinajstić information content (AvgIpc) is 2.82. The van der Waals surface area contributed by atoms with Gasteiger partial charge in [-0.3, -0.25) is 4.79 Å². The quantitative estimate of drug-likeness (QED) is 0.823. The lowest BCUT2D eigenvalue weighted by molar-refractivity contribution is -0.126. The van der Waals surface area contributed by atoms with Crippen molar-refractivity contribution in [3.05, 3.63) is 29.5 Å². The number of anilines is 1. The second kappa shape index (κ2) is 4.27. The van der Waals surface area contributed by atoms with Gasteiger partial charge in [-0.05, 0) is 55.4 Å². The Morgan fingerprint density at radius 1 is 1.30 bits per heavy atom. The van der Waals surface area contributed by atoms with E-state index in [-0.39, 0.29) is 11.8 Å². The van der Waals surface area contributed by atoms with E-state index in [1.807, 2.05) is 12.1 Å². The molecule has 0 aliphatic heterocycles. The first-order valence-electron chi connectivity index (χ1n) is 7.30. The number of benzene rings is 1. The van der Waals surface area contributed by atoms with Gasteiger partial charge >= 0.3 is 0 Å². The molecule has 1 amide bonds. The smallest absolute Gasteiger partial charge is 0.223 e. The van der Waals surface area contributed by atoms with Crippen LogP contribution in [0, 0.1) is 5.92 Å². The van der Waals surface area contributed by atoms with Crippen molar-refractivity contribution < 1.29 is 9.21 Å². The number of carbonyl (C=O) groups excluding carboxylic acids is 1. The Balaban J connectivity index is 1.64. The molecular formula is C16H18N2O2. The molecule has 4 rings (SSSR count). The largest absolute Gasteiger partial charge is 0.464 e. The monoisotopic (exact) mass is 270 g/mol. The lowest BCUT2D eigenvalue weighted by atomic mass is 9.82. The number of furan rings is 1. The number of nitrogens with one attached hydrogen (secondary N) is 1. The van der Waals surface area contributed by atoms with Crippen LogP contribution < -0.4 is 11.1 Å². The molecule has 0 spiro atoms. The van der Waals surface area contributed by atoms with Crippen molar-refractivity contribution in [2.75, 3.05) is 5.73 Å². The van der Waals surface area contributed by atoms with Crippen molar-refractivity contribution in [2.24, 2.45) is 5.92 Å². The zero-order valence-electron chi connectivity index (χ0n) is 11.3. The summed E-state index contributed by atoms with van der Waals surface area (Å²) in [5, 5.41) is 4.27. The second-order valence-corrected chi connectivity index (χ2v) is 6.01. The third-order valence-corrected chi connectivity index (χ3v) is 4.70. The van der Waals surface area contributed by atoms with Crippen LogP contribution in [0.2, 0.25) is 0 Å². The molecule has 1 aromatic heterocycles. The number of amides is 1. The number of carbonyl (C=O) groups is 1. The number of hydrogen-bond acceptors (Lipinski definition) is 3. The molecule has 1 atom stereocenters. The molecule has 0 radical (unpaired) electrons. The highest BCUT2D eigenvalue weighted by molar-refractivity contribution is 5.92. The molecule has 1 fully saturated rings. The van der Waals surface area contributed by atoms with Gasteiger partial charge in [-0.2, -0.15) is 0 Å². The molecule has 1 unspecified atom stereocenters. The highest BCUT2D eigenvalue weighted by Gasteiger charge is 2.31. The second-order valence-electron chi connectivity index (χ2n) is 6.01. The lowest BCUT2D eigenvalue weighted by Gasteiger charge is -2.30. The number of nitrogens with two attached hydrogens (primary N) is 1. The van der Waals surface area contributed by atoms with Gasteiger partial charge < -0.3 is 15.5 Å². The Morgan fingerprint density at radius 2 is 2.15 bits per heavy atom. The lowest BCUT2D eigenvalue weighted by Crippen LogP contribution is -2.44. The number of rotatable bonds is 2. The highest BCUT2D eigenvalue weighted by Crippen LogP contribution is 2.37. The summed E-state index contributed by atoms with van der Waals surface area (Å²) in [7, 11) is 0. The zero-order valence-corrected chi connectivity index (χ0v) is 11.3. The third-order valence-electron chi connectivity index (χ3n) is 4.70. The summed E-state index contributed by atoms with van der Waals surface area (Å²) in [6, 6.07) is 4.17. The first kappa shape index (κ1) is 11.8. The molecule has 20 heavy (non-hydrogen) atoms. The molecule has 104 valence electrons. The maximum atomic E-state index is 12.4. The minimum Gasteiger partial charge on any atom is -0.464 e. The Bertz CT molecular complexity index is 685. The molecule has 3 N–H and O–H groups in total. The number of hydrogen-bond donors (Lipinski definition) is 2. The van der Waals surface area contributed by atoms with Gasteiger partial charge in [0.05, 0.1) is 6.26 Å². The molecule has 2 aliphatic rings. The predicted octanol–water partition coefficient (Wildman–Crippen LogP) is 2.40. The fourth-order valence-electron chi connectivity index (χ4n) is 3.30. The van der Waals surface area contributed by atoms with Crippen LogP contribution in [0.3, 0.4) is 0 Å². The van der Waals surface area contributed by atoms with E-state index in [4.69, 9.17) is 10.2 Å². The summed E-state index contributed by atoms with van der Waals surface area (Å²) in [6.07, 6.45) is 6.71. The van der Waals surface area contributed by atoms with Gasteiger partial charge in [-0.25, -0.2) is 0 Å². The summed E-state index contributed by atoms with van der Waals surface area (Å²) in [5.74, 6) is 0.145. The van der Waals surface area contributed by atoms with Gasteiger partial charge in [0.25, 0.3) is 0 Å². The summed E-state index contributed by atoms with van der Waals surface area (Å²) in [6.45, 7) is 0. The van der Waals surface area contributed by atoms with Gasteiger partial charge in [0, 0.05) is 23.0 Å². The van der Waals surface area contributed by atoms with Crippen LogP contribution >= 0.6 is 0 Å². The van der Waals surface area contributed by atoms with Crippen molar-refractivity contribution in [3.8, 4) is 0 Å². The van der Waals surface area contributed by atoms with Crippen LogP contribution in [0.25, 0.3) is 11.0 Å². The summed E-state index contributed by atoms with van der Waals surface area (Å²) in [4.78, 5) is 12.4. The number of nitrogen functional groups attached to an aromatic ring is 1. The van der Waals surface area contributed by atoms with E-state index in [0.29, 0.717) is 12.5 Å². The van der Waals surface area contributed by atoms with Gasteiger partial charge in [0.2, 0.25) is 5.91 Å². The van der Waals surface area contributed by atoms with Crippen molar-refractivity contribution >= 4 is 22.6 Å². The summed E-state index contributed by atoms with van der Waals surface area (Å²) >= 11 is 0. The molecular weight excluding hydrogens is 252 g/mol. The molecule has 1 aromatic carbocycles. The van der Waals surface area contributed by atoms with E-state index >= 15 is 0 Å². The Labute approximate surface area is 117 Å². The average molecular weight is 270 g/mol. The molecule has 4 nitrogen and oxygen atoms in total. The fraction of sp³-hybridized carbons (Fsp3) is 0.438. The van der Waals surface area contributed by atoms with Gasteiger partial charge in [0.1, 0.15) is 5.58 Å². The Kier molecular flexibility index (Phi) is 2.52. The molecule has 1 heterocycles. The molecule has 1 saturated carbocycles. The van der Waals surface area contributed by atoms with Gasteiger partial charge in [-0.15, -0.1) is 0 Å². The van der Waals surface area contributed by atoms with Crippen molar-refractivity contribution in [3.63, 3.8) is 0 Å². The van der Waals surface area contributed by atoms with Crippen LogP contribution in [-0.4, -0.2) is 11.9 Å². The van der Waals surface area contributed by atoms with Crippen LogP contribution in [0.4, 0.5) is 5.69 Å². The predicted molar refractivity (Wildman–Crippen MR) is 77.3 cm³/mol. The van der Waals surface area contributed by atoms with Crippen LogP contribution in [0.5, 0.6) is 0 Å². The maximum Gasteiger partial charge on any atom is 0.223 e. The fourth-order valence-corrected chi connectivity index (χ4v) is 3.30. The molecule has 2 aromatic rings. The van der Waals surface area contributed by atoms with Crippen molar-refractivity contribution in [2.45, 2.75) is 38.1 Å². The van der Waals surface area contributed by atoms with E-state index in [2.05, 4.69) is 5.32 Å². The van der Waals surface area contributed by atoms with Gasteiger partial charge in [0.15, 0.2) is 0 Å². The molecule has 4 heteroatoms. The van der Waals surface area contributed by atoms with Crippen molar-refractivity contribution in [1.82, 2.24) is 5.32 Å². The first-order chi connectivity index (χ1) is 9.72. The van der Waals surface area contributed by atoms with Crippen LogP contribution in [0.1, 0.15) is 30.4 Å². The van der Waals surface area contributed by atoms with Crippen molar-refractivity contribution in [1.29, 1.82) is 0 Å². The standard InChI is InChI=1S/C16H18N2O2/c17-13-4-5-14-15-10(8-20-14)6-9(7-12(13)15)16(19)18-11-2-1-3-11/h4-5,8-9,11H,1-3,6-7,17H2,(H,18,19). The highest BCUT2D eigenvalue weighted by atomic mass is 16.3. The SMILES string of the molecule is Nc1ccc2occ3c2c1CC(C(=O)NC1CCC1)C3. The zero-order chi connectivity index (χ0) is 13.7. The Hall–Kier alpha value is -1.97. The van der Waals surface area contributed by atoms with E-state index in [0.717, 1.165) is 47.0 Å². The molecule has 0 bridgehead atoms. The third kappa shape index (κ3) is 1.71. The normalized spacial score (nSPS) is 21.7. The van der Waals surface area contributed by atoms with E-state index in [1.165, 1.54) is 6.42 Å². The summed E-state index contributed by atoms with van der Waals surface area (Å²) < 4.78 is 5.57. The minimum atomic E-state index is -0.0198. The minimum absolute atomic E-state index is 0.0198. The van der Waals surface area contributed by atoms with E-state index in [9.17, 15) is 4.79 Å². The summed E-state index contributed by atoms with van der Waals surface area (Å²) in [5.41, 5.74) is 9.92. The van der Waals surface area contributed by atoms with Crippen LogP contribution in [0.15, 0.2) is 22.8 Å². The molecule has 2 aliphatic carbocycles. The van der Waals surface area contributed by atoms with Crippen LogP contribution in [-0.2, 0) is 17.6 Å². The van der Waals surface area contributed by atoms with E-state index < -0.39 is 0 Å². The molecule has 0 saturated heterocycles. The van der Waals surface area contributed by atoms with E-state index in [1.54, 1.807) is 6.26 Å².